The van der Waals surface area contributed by atoms with Crippen molar-refractivity contribution in [2.45, 2.75) is 43.6 Å². The van der Waals surface area contributed by atoms with Crippen molar-refractivity contribution in [3.63, 3.8) is 0 Å². The molecule has 2 bridgehead atoms. The van der Waals surface area contributed by atoms with E-state index in [2.05, 4.69) is 20.1 Å². The Morgan fingerprint density at radius 2 is 2.00 bits per heavy atom. The summed E-state index contributed by atoms with van der Waals surface area (Å²) in [7, 11) is 5.49. The normalized spacial score (nSPS) is 25.8. The molecule has 2 fully saturated rings. The Balaban J connectivity index is 1.45. The van der Waals surface area contributed by atoms with Gasteiger partial charge >= 0.3 is 0 Å². The second-order valence-electron chi connectivity index (χ2n) is 8.65. The van der Waals surface area contributed by atoms with E-state index in [1.165, 1.54) is 17.0 Å². The Morgan fingerprint density at radius 3 is 2.74 bits per heavy atom. The third-order valence-electron chi connectivity index (χ3n) is 6.96. The number of rotatable bonds is 3. The number of aromatic nitrogens is 4. The average molecular weight is 424 g/mol. The number of fused-ring (bicyclic) bond motifs is 3. The molecule has 3 aromatic rings. The summed E-state index contributed by atoms with van der Waals surface area (Å²) < 4.78 is 16.5. The van der Waals surface area contributed by atoms with Crippen LogP contribution in [0.1, 0.15) is 19.3 Å². The summed E-state index contributed by atoms with van der Waals surface area (Å²) in [5.41, 5.74) is 1.05. The number of hydrogen-bond acceptors (Lipinski definition) is 7. The highest BCUT2D eigenvalue weighted by Crippen LogP contribution is 2.39. The Labute approximate surface area is 179 Å². The van der Waals surface area contributed by atoms with Crippen molar-refractivity contribution in [2.24, 2.45) is 7.05 Å². The molecule has 2 aliphatic heterocycles. The number of anilines is 1. The third kappa shape index (κ3) is 3.15. The Bertz CT molecular complexity index is 1200. The molecule has 2 saturated heterocycles. The number of hydrogen-bond donors (Lipinski definition) is 1. The highest BCUT2D eigenvalue weighted by molar-refractivity contribution is 5.86. The molecular formula is C22H25FN6O2. The number of benzene rings is 1. The number of phenolic OH excluding ortho intramolecular Hbond substituents is 1. The summed E-state index contributed by atoms with van der Waals surface area (Å²) >= 11 is 0. The molecule has 162 valence electrons. The van der Waals surface area contributed by atoms with Gasteiger partial charge in [-0.15, -0.1) is 10.2 Å². The molecule has 1 N–H and O–H groups in total. The molecule has 0 saturated carbocycles. The first kappa shape index (κ1) is 19.9. The molecule has 5 rings (SSSR count). The predicted octanol–water partition coefficient (Wildman–Crippen LogP) is 2.11. The fraction of sp³-hybridized carbons (Fsp3) is 0.455. The fourth-order valence-corrected chi connectivity index (χ4v) is 5.02. The van der Waals surface area contributed by atoms with Gasteiger partial charge in [0.2, 0.25) is 0 Å². The van der Waals surface area contributed by atoms with E-state index >= 15 is 4.39 Å². The molecule has 8 nitrogen and oxygen atoms in total. The van der Waals surface area contributed by atoms with E-state index in [0.29, 0.717) is 34.0 Å². The minimum Gasteiger partial charge on any atom is -0.507 e. The van der Waals surface area contributed by atoms with Crippen molar-refractivity contribution in [1.82, 2.24) is 24.6 Å². The predicted molar refractivity (Wildman–Crippen MR) is 116 cm³/mol. The van der Waals surface area contributed by atoms with Crippen molar-refractivity contribution in [2.75, 3.05) is 19.0 Å². The summed E-state index contributed by atoms with van der Waals surface area (Å²) in [5.74, 6) is 0.553. The van der Waals surface area contributed by atoms with E-state index in [-0.39, 0.29) is 23.4 Å². The van der Waals surface area contributed by atoms with Gasteiger partial charge in [0.15, 0.2) is 5.82 Å². The summed E-state index contributed by atoms with van der Waals surface area (Å²) in [4.78, 5) is 20.6. The molecule has 2 aliphatic rings. The van der Waals surface area contributed by atoms with Crippen molar-refractivity contribution in [3.05, 3.63) is 40.9 Å². The molecule has 0 amide bonds. The van der Waals surface area contributed by atoms with Crippen LogP contribution in [-0.2, 0) is 7.05 Å². The maximum atomic E-state index is 15.1. The third-order valence-corrected chi connectivity index (χ3v) is 6.96. The number of piperidine rings is 1. The molecule has 31 heavy (non-hydrogen) atoms. The minimum atomic E-state index is -0.941. The molecule has 9 heteroatoms. The van der Waals surface area contributed by atoms with Crippen LogP contribution >= 0.6 is 0 Å². The molecule has 2 aromatic heterocycles. The average Bonchev–Trinajstić information content (AvgIpc) is 3.03. The molecule has 1 aromatic carbocycles. The maximum Gasteiger partial charge on any atom is 0.260 e. The lowest BCUT2D eigenvalue weighted by atomic mass is 9.95. The van der Waals surface area contributed by atoms with Crippen LogP contribution in [0.2, 0.25) is 0 Å². The number of aryl methyl sites for hydroxylation is 1. The van der Waals surface area contributed by atoms with Crippen LogP contribution in [0.4, 0.5) is 10.2 Å². The number of alkyl halides is 1. The Kier molecular flexibility index (Phi) is 4.65. The van der Waals surface area contributed by atoms with Crippen molar-refractivity contribution < 1.29 is 9.50 Å². The molecular weight excluding hydrogens is 399 g/mol. The van der Waals surface area contributed by atoms with Crippen LogP contribution in [0.25, 0.3) is 22.2 Å². The van der Waals surface area contributed by atoms with Gasteiger partial charge in [-0.05, 0) is 44.5 Å². The van der Waals surface area contributed by atoms with Gasteiger partial charge in [0.25, 0.3) is 5.56 Å². The van der Waals surface area contributed by atoms with E-state index < -0.39 is 6.17 Å². The zero-order valence-corrected chi connectivity index (χ0v) is 17.7. The number of nitrogens with zero attached hydrogens (tertiary/aromatic N) is 6. The van der Waals surface area contributed by atoms with E-state index in [1.807, 2.05) is 19.0 Å². The first-order valence-electron chi connectivity index (χ1n) is 10.5. The Morgan fingerprint density at radius 1 is 1.19 bits per heavy atom. The van der Waals surface area contributed by atoms with Crippen LogP contribution in [-0.4, -0.2) is 68.1 Å². The van der Waals surface area contributed by atoms with Gasteiger partial charge in [-0.1, -0.05) is 0 Å². The van der Waals surface area contributed by atoms with E-state index in [0.717, 1.165) is 19.3 Å². The molecule has 2 unspecified atom stereocenters. The van der Waals surface area contributed by atoms with Crippen LogP contribution < -0.4 is 10.5 Å². The van der Waals surface area contributed by atoms with Crippen molar-refractivity contribution >= 4 is 16.7 Å². The van der Waals surface area contributed by atoms with Crippen molar-refractivity contribution in [3.8, 4) is 17.0 Å². The standard InChI is InChI=1S/C22H25FN6O2/c1-27-11-24-16-10-19(30)13(9-14(16)22(27)31)15-5-7-20(26-25-15)29(3)18-8-12-4-6-17(21(18)23)28(12)2/h5,7,9-12,17-18,21,30H,4,6,8H2,1-3H3/t12?,17?,18-,21+/m1/s1. The first-order chi connectivity index (χ1) is 14.8. The molecule has 4 atom stereocenters. The molecule has 0 radical (unpaired) electrons. The quantitative estimate of drug-likeness (QED) is 0.689. The van der Waals surface area contributed by atoms with Gasteiger partial charge in [-0.3, -0.25) is 9.69 Å². The van der Waals surface area contributed by atoms with E-state index in [9.17, 15) is 9.90 Å². The van der Waals surface area contributed by atoms with Crippen LogP contribution in [0, 0.1) is 0 Å². The van der Waals surface area contributed by atoms with Gasteiger partial charge in [0, 0.05) is 37.8 Å². The highest BCUT2D eigenvalue weighted by Gasteiger charge is 2.47. The van der Waals surface area contributed by atoms with Gasteiger partial charge in [0.1, 0.15) is 11.9 Å². The van der Waals surface area contributed by atoms with Crippen LogP contribution in [0.15, 0.2) is 35.4 Å². The lowest BCUT2D eigenvalue weighted by Gasteiger charge is -2.43. The zero-order chi connectivity index (χ0) is 21.9. The second kappa shape index (κ2) is 7.26. The topological polar surface area (TPSA) is 87.4 Å². The number of phenols is 1. The fourth-order valence-electron chi connectivity index (χ4n) is 5.02. The smallest absolute Gasteiger partial charge is 0.260 e. The summed E-state index contributed by atoms with van der Waals surface area (Å²) in [5, 5.41) is 19.4. The molecule has 0 spiro atoms. The van der Waals surface area contributed by atoms with Crippen molar-refractivity contribution in [1.29, 1.82) is 0 Å². The molecule has 4 heterocycles. The lowest BCUT2D eigenvalue weighted by Crippen LogP contribution is -2.56. The number of halogens is 1. The summed E-state index contributed by atoms with van der Waals surface area (Å²) in [6.07, 6.45) is 3.17. The van der Waals surface area contributed by atoms with Gasteiger partial charge in [0.05, 0.1) is 29.0 Å². The van der Waals surface area contributed by atoms with E-state index in [1.54, 1.807) is 25.2 Å². The van der Waals surface area contributed by atoms with E-state index in [4.69, 9.17) is 0 Å². The monoisotopic (exact) mass is 424 g/mol. The maximum absolute atomic E-state index is 15.1. The zero-order valence-electron chi connectivity index (χ0n) is 17.7. The second-order valence-corrected chi connectivity index (χ2v) is 8.65. The summed E-state index contributed by atoms with van der Waals surface area (Å²) in [6.45, 7) is 0. The Hall–Kier alpha value is -3.07. The van der Waals surface area contributed by atoms with Gasteiger partial charge < -0.3 is 14.6 Å². The highest BCUT2D eigenvalue weighted by atomic mass is 19.1. The lowest BCUT2D eigenvalue weighted by molar-refractivity contribution is 0.0701. The minimum absolute atomic E-state index is 0.0284. The van der Waals surface area contributed by atoms with Gasteiger partial charge in [-0.2, -0.15) is 0 Å². The van der Waals surface area contributed by atoms with Gasteiger partial charge in [-0.25, -0.2) is 9.37 Å². The van der Waals surface area contributed by atoms with Crippen LogP contribution in [0.5, 0.6) is 5.75 Å². The SMILES string of the molecule is CN1C2CCC1[C@H](F)[C@H](N(C)c1ccc(-c3cc4c(=O)n(C)cnc4cc3O)nn1)C2. The number of aromatic hydroxyl groups is 1. The van der Waals surface area contributed by atoms with Crippen LogP contribution in [0.3, 0.4) is 0 Å². The largest absolute Gasteiger partial charge is 0.507 e. The first-order valence-corrected chi connectivity index (χ1v) is 10.5. The molecule has 0 aliphatic carbocycles. The summed E-state index contributed by atoms with van der Waals surface area (Å²) in [6, 6.07) is 6.68.